The number of carboxylic acid groups (broad SMARTS) is 1. The number of nitrogens with one attached hydrogen (secondary N) is 1. The van der Waals surface area contributed by atoms with Crippen LogP contribution in [0.5, 0.6) is 0 Å². The van der Waals surface area contributed by atoms with Crippen molar-refractivity contribution in [2.45, 2.75) is 33.7 Å². The van der Waals surface area contributed by atoms with Gasteiger partial charge in [-0.2, -0.15) is 5.10 Å². The van der Waals surface area contributed by atoms with Crippen LogP contribution in [0.1, 0.15) is 23.9 Å². The third kappa shape index (κ3) is 4.67. The van der Waals surface area contributed by atoms with E-state index in [0.717, 1.165) is 17.0 Å². The molecule has 0 bridgehead atoms. The Labute approximate surface area is 135 Å². The highest BCUT2D eigenvalue weighted by atomic mass is 16.4. The lowest BCUT2D eigenvalue weighted by atomic mass is 10.0. The summed E-state index contributed by atoms with van der Waals surface area (Å²) in [7, 11) is 0. The van der Waals surface area contributed by atoms with Gasteiger partial charge in [-0.05, 0) is 44.0 Å². The van der Waals surface area contributed by atoms with E-state index in [1.165, 1.54) is 0 Å². The number of aliphatic carboxylic acids is 1. The molecule has 0 fully saturated rings. The lowest BCUT2D eigenvalue weighted by Gasteiger charge is -2.09. The van der Waals surface area contributed by atoms with Crippen LogP contribution in [0.3, 0.4) is 0 Å². The normalized spacial score (nSPS) is 12.0. The smallest absolute Gasteiger partial charge is 0.306 e. The second kappa shape index (κ2) is 7.09. The Balaban J connectivity index is 1.94. The SMILES string of the molecule is Cc1cc(C)n(CC(=O)Nc2ccc(CC(C)C(=O)O)cc2)n1. The summed E-state index contributed by atoms with van der Waals surface area (Å²) in [5.74, 6) is -1.39. The van der Waals surface area contributed by atoms with Gasteiger partial charge in [0.25, 0.3) is 0 Å². The third-order valence-corrected chi connectivity index (χ3v) is 3.60. The van der Waals surface area contributed by atoms with Crippen LogP contribution in [-0.2, 0) is 22.6 Å². The lowest BCUT2D eigenvalue weighted by molar-refractivity contribution is -0.141. The summed E-state index contributed by atoms with van der Waals surface area (Å²) < 4.78 is 1.66. The average Bonchev–Trinajstić information content (AvgIpc) is 2.78. The van der Waals surface area contributed by atoms with E-state index in [2.05, 4.69) is 10.4 Å². The summed E-state index contributed by atoms with van der Waals surface area (Å²) >= 11 is 0. The molecule has 2 rings (SSSR count). The average molecular weight is 315 g/mol. The van der Waals surface area contributed by atoms with Crippen molar-refractivity contribution >= 4 is 17.6 Å². The minimum atomic E-state index is -0.813. The number of anilines is 1. The van der Waals surface area contributed by atoms with Crippen LogP contribution in [0.2, 0.25) is 0 Å². The molecule has 0 spiro atoms. The van der Waals surface area contributed by atoms with E-state index in [9.17, 15) is 9.59 Å². The fraction of sp³-hybridized carbons (Fsp3) is 0.353. The molecule has 1 aromatic heterocycles. The fourth-order valence-electron chi connectivity index (χ4n) is 2.34. The minimum Gasteiger partial charge on any atom is -0.481 e. The molecule has 1 aromatic carbocycles. The van der Waals surface area contributed by atoms with Crippen molar-refractivity contribution in [1.82, 2.24) is 9.78 Å². The topological polar surface area (TPSA) is 84.2 Å². The zero-order valence-corrected chi connectivity index (χ0v) is 13.5. The summed E-state index contributed by atoms with van der Waals surface area (Å²) in [5.41, 5.74) is 3.43. The van der Waals surface area contributed by atoms with Gasteiger partial charge in [0.05, 0.1) is 11.6 Å². The van der Waals surface area contributed by atoms with E-state index < -0.39 is 11.9 Å². The monoisotopic (exact) mass is 315 g/mol. The molecule has 1 amide bonds. The zero-order chi connectivity index (χ0) is 17.0. The highest BCUT2D eigenvalue weighted by molar-refractivity contribution is 5.90. The van der Waals surface area contributed by atoms with Gasteiger partial charge in [0.1, 0.15) is 6.54 Å². The first-order valence-corrected chi connectivity index (χ1v) is 7.48. The van der Waals surface area contributed by atoms with E-state index in [0.29, 0.717) is 12.1 Å². The van der Waals surface area contributed by atoms with Crippen LogP contribution in [-0.4, -0.2) is 26.8 Å². The fourth-order valence-corrected chi connectivity index (χ4v) is 2.34. The number of carbonyl (C=O) groups excluding carboxylic acids is 1. The van der Waals surface area contributed by atoms with Gasteiger partial charge in [-0.3, -0.25) is 14.3 Å². The Morgan fingerprint density at radius 3 is 2.43 bits per heavy atom. The minimum absolute atomic E-state index is 0.150. The molecule has 0 radical (unpaired) electrons. The quantitative estimate of drug-likeness (QED) is 0.857. The molecule has 2 aromatic rings. The second-order valence-corrected chi connectivity index (χ2v) is 5.77. The number of aromatic nitrogens is 2. The van der Waals surface area contributed by atoms with Crippen molar-refractivity contribution in [2.24, 2.45) is 5.92 Å². The van der Waals surface area contributed by atoms with Crippen LogP contribution >= 0.6 is 0 Å². The molecule has 0 saturated carbocycles. The van der Waals surface area contributed by atoms with Gasteiger partial charge in [0, 0.05) is 11.4 Å². The summed E-state index contributed by atoms with van der Waals surface area (Å²) in [4.78, 5) is 22.9. The Morgan fingerprint density at radius 2 is 1.91 bits per heavy atom. The lowest BCUT2D eigenvalue weighted by Crippen LogP contribution is -2.20. The van der Waals surface area contributed by atoms with Gasteiger partial charge < -0.3 is 10.4 Å². The summed E-state index contributed by atoms with van der Waals surface area (Å²) in [5, 5.41) is 16.0. The number of aryl methyl sites for hydroxylation is 2. The molecule has 6 nitrogen and oxygen atoms in total. The van der Waals surface area contributed by atoms with Crippen molar-refractivity contribution in [3.8, 4) is 0 Å². The number of amides is 1. The standard InChI is InChI=1S/C17H21N3O3/c1-11(17(22)23)8-14-4-6-15(7-5-14)18-16(21)10-20-13(3)9-12(2)19-20/h4-7,9,11H,8,10H2,1-3H3,(H,18,21)(H,22,23). The van der Waals surface area contributed by atoms with E-state index in [-0.39, 0.29) is 12.5 Å². The molecular weight excluding hydrogens is 294 g/mol. The molecule has 1 atom stereocenters. The van der Waals surface area contributed by atoms with Gasteiger partial charge in [0.15, 0.2) is 0 Å². The molecule has 1 unspecified atom stereocenters. The molecule has 0 aliphatic heterocycles. The van der Waals surface area contributed by atoms with Crippen molar-refractivity contribution in [2.75, 3.05) is 5.32 Å². The molecule has 0 aliphatic rings. The highest BCUT2D eigenvalue weighted by Gasteiger charge is 2.12. The summed E-state index contributed by atoms with van der Waals surface area (Å²) in [6.45, 7) is 5.63. The molecule has 1 heterocycles. The van der Waals surface area contributed by atoms with Crippen LogP contribution in [0.25, 0.3) is 0 Å². The maximum Gasteiger partial charge on any atom is 0.306 e. The Morgan fingerprint density at radius 1 is 1.26 bits per heavy atom. The molecule has 122 valence electrons. The molecule has 6 heteroatoms. The second-order valence-electron chi connectivity index (χ2n) is 5.77. The zero-order valence-electron chi connectivity index (χ0n) is 13.5. The first kappa shape index (κ1) is 16.7. The van der Waals surface area contributed by atoms with Gasteiger partial charge in [-0.25, -0.2) is 0 Å². The summed E-state index contributed by atoms with van der Waals surface area (Å²) in [6, 6.07) is 9.15. The largest absolute Gasteiger partial charge is 0.481 e. The maximum atomic E-state index is 12.0. The summed E-state index contributed by atoms with van der Waals surface area (Å²) in [6.07, 6.45) is 0.468. The molecule has 23 heavy (non-hydrogen) atoms. The maximum absolute atomic E-state index is 12.0. The van der Waals surface area contributed by atoms with E-state index in [1.807, 2.05) is 32.0 Å². The van der Waals surface area contributed by atoms with E-state index in [4.69, 9.17) is 5.11 Å². The number of carboxylic acids is 1. The van der Waals surface area contributed by atoms with Crippen molar-refractivity contribution in [3.05, 3.63) is 47.3 Å². The Kier molecular flexibility index (Phi) is 5.16. The van der Waals surface area contributed by atoms with Crippen LogP contribution in [0.4, 0.5) is 5.69 Å². The number of nitrogens with zero attached hydrogens (tertiary/aromatic N) is 2. The number of hydrogen-bond donors (Lipinski definition) is 2. The first-order chi connectivity index (χ1) is 10.8. The van der Waals surface area contributed by atoms with Gasteiger partial charge >= 0.3 is 5.97 Å². The Hall–Kier alpha value is -2.63. The number of rotatable bonds is 6. The number of carbonyl (C=O) groups is 2. The third-order valence-electron chi connectivity index (χ3n) is 3.60. The van der Waals surface area contributed by atoms with Gasteiger partial charge in [0.2, 0.25) is 5.91 Å². The number of benzene rings is 1. The van der Waals surface area contributed by atoms with Crippen molar-refractivity contribution in [1.29, 1.82) is 0 Å². The van der Waals surface area contributed by atoms with Crippen LogP contribution < -0.4 is 5.32 Å². The molecule has 0 aliphatic carbocycles. The van der Waals surface area contributed by atoms with E-state index >= 15 is 0 Å². The van der Waals surface area contributed by atoms with Gasteiger partial charge in [-0.15, -0.1) is 0 Å². The van der Waals surface area contributed by atoms with Gasteiger partial charge in [-0.1, -0.05) is 19.1 Å². The van der Waals surface area contributed by atoms with Crippen LogP contribution in [0.15, 0.2) is 30.3 Å². The predicted octanol–water partition coefficient (Wildman–Crippen LogP) is 2.40. The Bertz CT molecular complexity index is 704. The van der Waals surface area contributed by atoms with Crippen molar-refractivity contribution < 1.29 is 14.7 Å². The van der Waals surface area contributed by atoms with E-state index in [1.54, 1.807) is 23.7 Å². The molecule has 2 N–H and O–H groups in total. The first-order valence-electron chi connectivity index (χ1n) is 7.48. The molecule has 0 saturated heterocycles. The highest BCUT2D eigenvalue weighted by Crippen LogP contribution is 2.14. The van der Waals surface area contributed by atoms with Crippen LogP contribution in [0, 0.1) is 19.8 Å². The molecular formula is C17H21N3O3. The predicted molar refractivity (Wildman–Crippen MR) is 87.3 cm³/mol. The number of hydrogen-bond acceptors (Lipinski definition) is 3. The van der Waals surface area contributed by atoms with Crippen molar-refractivity contribution in [3.63, 3.8) is 0 Å².